The van der Waals surface area contributed by atoms with Gasteiger partial charge in [-0.3, -0.25) is 0 Å². The first-order valence-electron chi connectivity index (χ1n) is 5.61. The van der Waals surface area contributed by atoms with Gasteiger partial charge in [0.15, 0.2) is 0 Å². The van der Waals surface area contributed by atoms with Gasteiger partial charge in [-0.2, -0.15) is 5.26 Å². The number of hydrogen-bond donors (Lipinski definition) is 1. The van der Waals surface area contributed by atoms with Crippen molar-refractivity contribution in [3.63, 3.8) is 0 Å². The van der Waals surface area contributed by atoms with Crippen LogP contribution in [0.3, 0.4) is 0 Å². The van der Waals surface area contributed by atoms with Crippen molar-refractivity contribution in [2.24, 2.45) is 0 Å². The summed E-state index contributed by atoms with van der Waals surface area (Å²) in [7, 11) is 0. The normalized spacial score (nSPS) is 11.8. The molecule has 0 aliphatic heterocycles. The van der Waals surface area contributed by atoms with Crippen LogP contribution in [0.25, 0.3) is 0 Å². The Hall–Kier alpha value is -1.82. The second-order valence-electron chi connectivity index (χ2n) is 4.08. The van der Waals surface area contributed by atoms with E-state index in [0.717, 1.165) is 11.1 Å². The molecule has 90 valence electrons. The lowest BCUT2D eigenvalue weighted by Gasteiger charge is -2.11. The third-order valence-electron chi connectivity index (χ3n) is 2.74. The summed E-state index contributed by atoms with van der Waals surface area (Å²) in [5.74, 6) is 0. The first kappa shape index (κ1) is 12.6. The van der Waals surface area contributed by atoms with Gasteiger partial charge in [-0.05, 0) is 35.4 Å². The monoisotopic (exact) mass is 257 g/mol. The quantitative estimate of drug-likeness (QED) is 0.915. The second-order valence-corrected chi connectivity index (χ2v) is 4.52. The van der Waals surface area contributed by atoms with Crippen molar-refractivity contribution in [3.05, 3.63) is 70.2 Å². The zero-order valence-electron chi connectivity index (χ0n) is 9.68. The van der Waals surface area contributed by atoms with Gasteiger partial charge in [-0.25, -0.2) is 0 Å². The number of aliphatic hydroxyl groups excluding tert-OH is 1. The van der Waals surface area contributed by atoms with Crippen LogP contribution in [-0.4, -0.2) is 5.11 Å². The number of nitriles is 1. The number of rotatable bonds is 3. The van der Waals surface area contributed by atoms with Crippen molar-refractivity contribution in [3.8, 4) is 6.07 Å². The van der Waals surface area contributed by atoms with E-state index in [9.17, 15) is 5.11 Å². The highest BCUT2D eigenvalue weighted by atomic mass is 35.5. The maximum atomic E-state index is 10.1. The summed E-state index contributed by atoms with van der Waals surface area (Å²) < 4.78 is 0. The van der Waals surface area contributed by atoms with E-state index >= 15 is 0 Å². The van der Waals surface area contributed by atoms with Crippen LogP contribution >= 0.6 is 11.6 Å². The molecule has 0 aliphatic rings. The van der Waals surface area contributed by atoms with Crippen LogP contribution in [0.5, 0.6) is 0 Å². The van der Waals surface area contributed by atoms with E-state index in [0.29, 0.717) is 17.0 Å². The molecular weight excluding hydrogens is 246 g/mol. The smallest absolute Gasteiger partial charge is 0.0991 e. The van der Waals surface area contributed by atoms with Gasteiger partial charge in [0.1, 0.15) is 0 Å². The van der Waals surface area contributed by atoms with Gasteiger partial charge in [0, 0.05) is 11.4 Å². The van der Waals surface area contributed by atoms with E-state index in [-0.39, 0.29) is 0 Å². The molecule has 0 spiro atoms. The average Bonchev–Trinajstić information content (AvgIpc) is 2.41. The second kappa shape index (κ2) is 5.68. The summed E-state index contributed by atoms with van der Waals surface area (Å²) in [6.45, 7) is 0. The Balaban J connectivity index is 2.14. The molecule has 1 atom stereocenters. The average molecular weight is 258 g/mol. The molecule has 0 aliphatic carbocycles. The molecule has 0 aromatic heterocycles. The molecule has 0 radical (unpaired) electrons. The molecule has 2 aromatic carbocycles. The Morgan fingerprint density at radius 3 is 2.56 bits per heavy atom. The van der Waals surface area contributed by atoms with Gasteiger partial charge in [0.2, 0.25) is 0 Å². The fourth-order valence-electron chi connectivity index (χ4n) is 1.78. The van der Waals surface area contributed by atoms with Crippen molar-refractivity contribution in [2.75, 3.05) is 0 Å². The third kappa shape index (κ3) is 3.10. The minimum atomic E-state index is -0.612. The van der Waals surface area contributed by atoms with Crippen LogP contribution in [0, 0.1) is 11.3 Å². The zero-order chi connectivity index (χ0) is 13.0. The number of aliphatic hydroxyl groups is 1. The first-order chi connectivity index (χ1) is 8.69. The Labute approximate surface area is 111 Å². The molecule has 0 saturated carbocycles. The number of nitrogens with zero attached hydrogens (tertiary/aromatic N) is 1. The standard InChI is InChI=1S/C15H12ClNO/c16-14-6-4-11(5-7-14)9-15(18)13-3-1-2-12(8-13)10-17/h1-8,15,18H,9H2. The van der Waals surface area contributed by atoms with E-state index in [1.54, 1.807) is 30.3 Å². The Kier molecular flexibility index (Phi) is 3.99. The van der Waals surface area contributed by atoms with Crippen molar-refractivity contribution >= 4 is 11.6 Å². The number of benzene rings is 2. The fourth-order valence-corrected chi connectivity index (χ4v) is 1.90. The summed E-state index contributed by atoms with van der Waals surface area (Å²) in [6, 6.07) is 16.5. The minimum Gasteiger partial charge on any atom is -0.388 e. The molecule has 0 fully saturated rings. The molecule has 2 aromatic rings. The lowest BCUT2D eigenvalue weighted by atomic mass is 10.00. The lowest BCUT2D eigenvalue weighted by Crippen LogP contribution is -2.01. The third-order valence-corrected chi connectivity index (χ3v) is 2.99. The molecule has 0 heterocycles. The highest BCUT2D eigenvalue weighted by molar-refractivity contribution is 6.30. The van der Waals surface area contributed by atoms with Crippen molar-refractivity contribution < 1.29 is 5.11 Å². The lowest BCUT2D eigenvalue weighted by molar-refractivity contribution is 0.178. The highest BCUT2D eigenvalue weighted by Crippen LogP contribution is 2.20. The maximum absolute atomic E-state index is 10.1. The summed E-state index contributed by atoms with van der Waals surface area (Å²) in [4.78, 5) is 0. The molecule has 0 amide bonds. The van der Waals surface area contributed by atoms with Crippen molar-refractivity contribution in [1.29, 1.82) is 5.26 Å². The van der Waals surface area contributed by atoms with E-state index in [4.69, 9.17) is 16.9 Å². The highest BCUT2D eigenvalue weighted by Gasteiger charge is 2.09. The van der Waals surface area contributed by atoms with E-state index in [1.165, 1.54) is 0 Å². The van der Waals surface area contributed by atoms with Gasteiger partial charge in [0.25, 0.3) is 0 Å². The molecular formula is C15H12ClNO. The van der Waals surface area contributed by atoms with Crippen LogP contribution in [0.1, 0.15) is 22.8 Å². The van der Waals surface area contributed by atoms with Crippen LogP contribution in [-0.2, 0) is 6.42 Å². The Morgan fingerprint density at radius 2 is 1.89 bits per heavy atom. The largest absolute Gasteiger partial charge is 0.388 e. The zero-order valence-corrected chi connectivity index (χ0v) is 10.4. The Morgan fingerprint density at radius 1 is 1.17 bits per heavy atom. The van der Waals surface area contributed by atoms with Gasteiger partial charge in [-0.15, -0.1) is 0 Å². The molecule has 0 saturated heterocycles. The van der Waals surface area contributed by atoms with Gasteiger partial charge in [-0.1, -0.05) is 35.9 Å². The molecule has 18 heavy (non-hydrogen) atoms. The van der Waals surface area contributed by atoms with Gasteiger partial charge < -0.3 is 5.11 Å². The summed E-state index contributed by atoms with van der Waals surface area (Å²) >= 11 is 5.81. The number of halogens is 1. The summed E-state index contributed by atoms with van der Waals surface area (Å²) in [5.41, 5.74) is 2.32. The molecule has 1 N–H and O–H groups in total. The van der Waals surface area contributed by atoms with E-state index in [2.05, 4.69) is 6.07 Å². The van der Waals surface area contributed by atoms with Crippen molar-refractivity contribution in [2.45, 2.75) is 12.5 Å². The van der Waals surface area contributed by atoms with Crippen LogP contribution in [0.15, 0.2) is 48.5 Å². The Bertz CT molecular complexity index is 572. The van der Waals surface area contributed by atoms with Crippen LogP contribution in [0.2, 0.25) is 5.02 Å². The topological polar surface area (TPSA) is 44.0 Å². The maximum Gasteiger partial charge on any atom is 0.0991 e. The molecule has 1 unspecified atom stereocenters. The molecule has 0 bridgehead atoms. The first-order valence-corrected chi connectivity index (χ1v) is 5.99. The summed E-state index contributed by atoms with van der Waals surface area (Å²) in [5, 5.41) is 19.6. The molecule has 2 rings (SSSR count). The molecule has 3 heteroatoms. The molecule has 2 nitrogen and oxygen atoms in total. The van der Waals surface area contributed by atoms with Crippen LogP contribution in [0.4, 0.5) is 0 Å². The fraction of sp³-hybridized carbons (Fsp3) is 0.133. The SMILES string of the molecule is N#Cc1cccc(C(O)Cc2ccc(Cl)cc2)c1. The van der Waals surface area contributed by atoms with Crippen molar-refractivity contribution in [1.82, 2.24) is 0 Å². The number of hydrogen-bond acceptors (Lipinski definition) is 2. The predicted molar refractivity (Wildman–Crippen MR) is 71.3 cm³/mol. The predicted octanol–water partition coefficient (Wildman–Crippen LogP) is 3.49. The minimum absolute atomic E-state index is 0.506. The van der Waals surface area contributed by atoms with E-state index < -0.39 is 6.10 Å². The van der Waals surface area contributed by atoms with E-state index in [1.807, 2.05) is 18.2 Å². The van der Waals surface area contributed by atoms with Gasteiger partial charge in [0.05, 0.1) is 17.7 Å². The van der Waals surface area contributed by atoms with Crippen LogP contribution < -0.4 is 0 Å². The van der Waals surface area contributed by atoms with Gasteiger partial charge >= 0.3 is 0 Å². The summed E-state index contributed by atoms with van der Waals surface area (Å²) in [6.07, 6.45) is -0.106.